The molecule has 1 aliphatic heterocycles. The summed E-state index contributed by atoms with van der Waals surface area (Å²) in [5.41, 5.74) is 5.59. The number of benzene rings is 1. The van der Waals surface area contributed by atoms with Crippen LogP contribution in [0.1, 0.15) is 109 Å². The van der Waals surface area contributed by atoms with Crippen molar-refractivity contribution in [3.8, 4) is 5.75 Å². The van der Waals surface area contributed by atoms with E-state index in [0.29, 0.717) is 0 Å². The van der Waals surface area contributed by atoms with Gasteiger partial charge in [-0.15, -0.1) is 0 Å². The molecular formula is C28H46O. The van der Waals surface area contributed by atoms with Gasteiger partial charge < -0.3 is 4.74 Å². The molecular weight excluding hydrogens is 352 g/mol. The fraction of sp³-hybridized carbons (Fsp3) is 0.714. The lowest BCUT2D eigenvalue weighted by atomic mass is 9.87. The first-order chi connectivity index (χ1) is 13.7. The van der Waals surface area contributed by atoms with Crippen LogP contribution in [0.5, 0.6) is 5.75 Å². The fourth-order valence-electron chi connectivity index (χ4n) is 4.53. The van der Waals surface area contributed by atoms with E-state index in [9.17, 15) is 0 Å². The van der Waals surface area contributed by atoms with Crippen LogP contribution in [0.15, 0.2) is 23.8 Å². The minimum Gasteiger partial charge on any atom is -0.487 e. The van der Waals surface area contributed by atoms with Gasteiger partial charge in [-0.05, 0) is 94.7 Å². The van der Waals surface area contributed by atoms with E-state index in [0.717, 1.165) is 43.3 Å². The Bertz CT molecular complexity index is 669. The molecule has 0 saturated heterocycles. The monoisotopic (exact) mass is 398 g/mol. The third-order valence-electron chi connectivity index (χ3n) is 6.94. The molecule has 0 aromatic heterocycles. The standard InChI is InChI=1S/C28H46O/c1-21(2)11-8-12-22(3)13-9-14-23(4)15-10-19-28(7)20-18-26-17-16-24(5)25(6)27(26)29-28/h15-17,21-22H,8-14,18-20H2,1-7H3/b23-15+/t22-,28-/m1/s1. The molecule has 29 heavy (non-hydrogen) atoms. The molecule has 1 aliphatic rings. The number of ether oxygens (including phenoxy) is 1. The van der Waals surface area contributed by atoms with Gasteiger partial charge in [-0.25, -0.2) is 0 Å². The van der Waals surface area contributed by atoms with E-state index < -0.39 is 0 Å². The molecule has 1 heterocycles. The summed E-state index contributed by atoms with van der Waals surface area (Å²) in [5.74, 6) is 2.89. The third kappa shape index (κ3) is 7.83. The summed E-state index contributed by atoms with van der Waals surface area (Å²) >= 11 is 0. The van der Waals surface area contributed by atoms with Gasteiger partial charge in [-0.2, -0.15) is 0 Å². The Kier molecular flexibility index (Phi) is 9.31. The third-order valence-corrected chi connectivity index (χ3v) is 6.94. The van der Waals surface area contributed by atoms with E-state index in [1.54, 1.807) is 5.57 Å². The second kappa shape index (κ2) is 11.2. The molecule has 0 spiro atoms. The lowest BCUT2D eigenvalue weighted by Gasteiger charge is -2.37. The maximum Gasteiger partial charge on any atom is 0.126 e. The van der Waals surface area contributed by atoms with Crippen LogP contribution in [-0.4, -0.2) is 5.60 Å². The maximum atomic E-state index is 6.55. The minimum atomic E-state index is -0.0206. The largest absolute Gasteiger partial charge is 0.487 e. The van der Waals surface area contributed by atoms with E-state index in [4.69, 9.17) is 4.74 Å². The maximum absolute atomic E-state index is 6.55. The second-order valence-corrected chi connectivity index (χ2v) is 10.5. The van der Waals surface area contributed by atoms with Gasteiger partial charge in [-0.1, -0.05) is 70.2 Å². The van der Waals surface area contributed by atoms with Crippen LogP contribution in [0.25, 0.3) is 0 Å². The van der Waals surface area contributed by atoms with E-state index in [1.807, 2.05) is 0 Å². The zero-order valence-corrected chi connectivity index (χ0v) is 20.4. The predicted molar refractivity (Wildman–Crippen MR) is 128 cm³/mol. The molecule has 2 atom stereocenters. The van der Waals surface area contributed by atoms with Crippen molar-refractivity contribution in [3.05, 3.63) is 40.5 Å². The number of hydrogen-bond acceptors (Lipinski definition) is 1. The molecule has 1 aromatic carbocycles. The highest BCUT2D eigenvalue weighted by atomic mass is 16.5. The second-order valence-electron chi connectivity index (χ2n) is 10.5. The first kappa shape index (κ1) is 24.0. The number of aryl methyl sites for hydroxylation is 2. The lowest BCUT2D eigenvalue weighted by Crippen LogP contribution is -2.36. The predicted octanol–water partition coefficient (Wildman–Crippen LogP) is 8.75. The summed E-state index contributed by atoms with van der Waals surface area (Å²) in [7, 11) is 0. The normalized spacial score (nSPS) is 20.5. The van der Waals surface area contributed by atoms with Crippen LogP contribution in [-0.2, 0) is 6.42 Å². The van der Waals surface area contributed by atoms with Crippen molar-refractivity contribution in [3.63, 3.8) is 0 Å². The SMILES string of the molecule is C/C(=C\CC[C@]1(C)CCc2ccc(C)c(C)c2O1)CCC[C@H](C)CCCC(C)C. The van der Waals surface area contributed by atoms with Gasteiger partial charge in [0.25, 0.3) is 0 Å². The van der Waals surface area contributed by atoms with Crippen LogP contribution in [0.2, 0.25) is 0 Å². The molecule has 1 heteroatoms. The van der Waals surface area contributed by atoms with Crippen molar-refractivity contribution in [1.82, 2.24) is 0 Å². The Morgan fingerprint density at radius 3 is 2.55 bits per heavy atom. The Hall–Kier alpha value is -1.24. The van der Waals surface area contributed by atoms with Gasteiger partial charge in [0.15, 0.2) is 0 Å². The van der Waals surface area contributed by atoms with Crippen LogP contribution < -0.4 is 4.74 Å². The number of fused-ring (bicyclic) bond motifs is 1. The average molecular weight is 399 g/mol. The molecule has 0 N–H and O–H groups in total. The van der Waals surface area contributed by atoms with E-state index >= 15 is 0 Å². The summed E-state index contributed by atoms with van der Waals surface area (Å²) in [5, 5.41) is 0. The Labute approximate surface area is 181 Å². The molecule has 0 fully saturated rings. The minimum absolute atomic E-state index is 0.0206. The highest BCUT2D eigenvalue weighted by Crippen LogP contribution is 2.39. The van der Waals surface area contributed by atoms with Crippen molar-refractivity contribution in [2.45, 2.75) is 118 Å². The molecule has 164 valence electrons. The zero-order valence-electron chi connectivity index (χ0n) is 20.4. The summed E-state index contributed by atoms with van der Waals surface area (Å²) in [6.07, 6.45) is 15.1. The van der Waals surface area contributed by atoms with E-state index in [1.165, 1.54) is 55.2 Å². The fourth-order valence-corrected chi connectivity index (χ4v) is 4.53. The van der Waals surface area contributed by atoms with Crippen LogP contribution in [0.3, 0.4) is 0 Å². The van der Waals surface area contributed by atoms with Crippen molar-refractivity contribution >= 4 is 0 Å². The number of rotatable bonds is 11. The Morgan fingerprint density at radius 2 is 1.83 bits per heavy atom. The van der Waals surface area contributed by atoms with Crippen LogP contribution >= 0.6 is 0 Å². The molecule has 0 radical (unpaired) electrons. The van der Waals surface area contributed by atoms with Gasteiger partial charge in [0.05, 0.1) is 0 Å². The van der Waals surface area contributed by atoms with E-state index in [2.05, 4.69) is 66.7 Å². The molecule has 1 nitrogen and oxygen atoms in total. The lowest BCUT2D eigenvalue weighted by molar-refractivity contribution is 0.0562. The van der Waals surface area contributed by atoms with Gasteiger partial charge in [0, 0.05) is 0 Å². The molecule has 1 aromatic rings. The first-order valence-corrected chi connectivity index (χ1v) is 12.1. The summed E-state index contributed by atoms with van der Waals surface area (Å²) < 4.78 is 6.55. The van der Waals surface area contributed by atoms with Gasteiger partial charge >= 0.3 is 0 Å². The number of hydrogen-bond donors (Lipinski definition) is 0. The number of allylic oxidation sites excluding steroid dienone is 2. The van der Waals surface area contributed by atoms with Crippen molar-refractivity contribution in [2.24, 2.45) is 11.8 Å². The molecule has 0 amide bonds. The Balaban J connectivity index is 1.72. The van der Waals surface area contributed by atoms with Gasteiger partial charge in [-0.3, -0.25) is 0 Å². The molecule has 2 rings (SSSR count). The van der Waals surface area contributed by atoms with Crippen molar-refractivity contribution in [1.29, 1.82) is 0 Å². The van der Waals surface area contributed by atoms with Crippen LogP contribution in [0.4, 0.5) is 0 Å². The highest BCUT2D eigenvalue weighted by molar-refractivity contribution is 5.47. The summed E-state index contributed by atoms with van der Waals surface area (Å²) in [6, 6.07) is 4.49. The van der Waals surface area contributed by atoms with Crippen molar-refractivity contribution in [2.75, 3.05) is 0 Å². The van der Waals surface area contributed by atoms with Gasteiger partial charge in [0.2, 0.25) is 0 Å². The average Bonchev–Trinajstić information content (AvgIpc) is 2.65. The molecule has 0 saturated carbocycles. The molecule has 0 aliphatic carbocycles. The van der Waals surface area contributed by atoms with Crippen LogP contribution in [0, 0.1) is 25.7 Å². The zero-order chi connectivity index (χ0) is 21.4. The van der Waals surface area contributed by atoms with E-state index in [-0.39, 0.29) is 5.60 Å². The van der Waals surface area contributed by atoms with Crippen molar-refractivity contribution < 1.29 is 4.74 Å². The molecule has 0 unspecified atom stereocenters. The Morgan fingerprint density at radius 1 is 1.10 bits per heavy atom. The highest BCUT2D eigenvalue weighted by Gasteiger charge is 2.31. The summed E-state index contributed by atoms with van der Waals surface area (Å²) in [4.78, 5) is 0. The smallest absolute Gasteiger partial charge is 0.126 e. The quantitative estimate of drug-likeness (QED) is 0.338. The van der Waals surface area contributed by atoms with Gasteiger partial charge in [0.1, 0.15) is 11.4 Å². The first-order valence-electron chi connectivity index (χ1n) is 12.1. The topological polar surface area (TPSA) is 9.23 Å². The summed E-state index contributed by atoms with van der Waals surface area (Å²) in [6.45, 7) is 16.1. The molecule has 0 bridgehead atoms.